The van der Waals surface area contributed by atoms with E-state index in [4.69, 9.17) is 10.2 Å². The van der Waals surface area contributed by atoms with Crippen LogP contribution in [0.25, 0.3) is 0 Å². The van der Waals surface area contributed by atoms with E-state index in [9.17, 15) is 4.79 Å². The fourth-order valence-electron chi connectivity index (χ4n) is 1.83. The highest BCUT2D eigenvalue weighted by molar-refractivity contribution is 5.74. The van der Waals surface area contributed by atoms with Crippen LogP contribution < -0.4 is 0 Å². The molecule has 1 heterocycles. The maximum Gasteiger partial charge on any atom is 0.219 e. The largest absolute Gasteiger partial charge is 0.368 e. The Bertz CT molecular complexity index is 187. The summed E-state index contributed by atoms with van der Waals surface area (Å²) in [5, 5.41) is 18.0. The van der Waals surface area contributed by atoms with E-state index in [1.807, 2.05) is 6.92 Å². The van der Waals surface area contributed by atoms with Crippen molar-refractivity contribution in [1.82, 2.24) is 4.90 Å². The number of hydrogen-bond acceptors (Lipinski definition) is 3. The van der Waals surface area contributed by atoms with Crippen LogP contribution in [0.1, 0.15) is 20.3 Å². The Morgan fingerprint density at radius 3 is 2.38 bits per heavy atom. The van der Waals surface area contributed by atoms with Gasteiger partial charge < -0.3 is 15.1 Å². The van der Waals surface area contributed by atoms with Gasteiger partial charge in [-0.1, -0.05) is 6.92 Å². The lowest BCUT2D eigenvalue weighted by molar-refractivity contribution is -0.148. The zero-order valence-electron chi connectivity index (χ0n) is 8.10. The Hall–Kier alpha value is -0.610. The van der Waals surface area contributed by atoms with Gasteiger partial charge in [0.2, 0.25) is 5.91 Å². The zero-order valence-corrected chi connectivity index (χ0v) is 8.10. The second-order valence-corrected chi connectivity index (χ2v) is 3.67. The van der Waals surface area contributed by atoms with E-state index in [1.54, 1.807) is 4.90 Å². The van der Waals surface area contributed by atoms with E-state index >= 15 is 0 Å². The molecule has 1 amide bonds. The van der Waals surface area contributed by atoms with Gasteiger partial charge in [-0.3, -0.25) is 4.79 Å². The number of carbonyl (C=O) groups excluding carboxylic acids is 1. The predicted molar refractivity (Wildman–Crippen MR) is 47.8 cm³/mol. The SMILES string of the molecule is CCC(C(O)O)C1CN(C(C)=O)C1. The summed E-state index contributed by atoms with van der Waals surface area (Å²) in [5.74, 6) is 0.239. The summed E-state index contributed by atoms with van der Waals surface area (Å²) in [5.41, 5.74) is 0. The maximum atomic E-state index is 10.9. The first-order valence-electron chi connectivity index (χ1n) is 4.68. The van der Waals surface area contributed by atoms with E-state index < -0.39 is 6.29 Å². The Morgan fingerprint density at radius 2 is 2.08 bits per heavy atom. The molecule has 1 atom stereocenters. The summed E-state index contributed by atoms with van der Waals surface area (Å²) < 4.78 is 0. The van der Waals surface area contributed by atoms with E-state index in [0.29, 0.717) is 13.1 Å². The van der Waals surface area contributed by atoms with Crippen LogP contribution in [0.5, 0.6) is 0 Å². The standard InChI is InChI=1S/C9H17NO3/c1-3-8(9(12)13)7-4-10(5-7)6(2)11/h7-9,12-13H,3-5H2,1-2H3. The average Bonchev–Trinajstić information content (AvgIpc) is 1.93. The molecule has 1 rings (SSSR count). The number of amides is 1. The third kappa shape index (κ3) is 2.19. The molecule has 2 N–H and O–H groups in total. The van der Waals surface area contributed by atoms with Crippen LogP contribution in [-0.2, 0) is 4.79 Å². The molecule has 0 aromatic rings. The van der Waals surface area contributed by atoms with E-state index in [0.717, 1.165) is 6.42 Å². The summed E-state index contributed by atoms with van der Waals surface area (Å²) in [6.07, 6.45) is -0.502. The molecular formula is C9H17NO3. The second-order valence-electron chi connectivity index (χ2n) is 3.67. The number of aliphatic hydroxyl groups excluding tert-OH is 1. The molecule has 0 spiro atoms. The molecule has 76 valence electrons. The number of likely N-dealkylation sites (tertiary alicyclic amines) is 1. The van der Waals surface area contributed by atoms with Gasteiger partial charge in [0.15, 0.2) is 6.29 Å². The van der Waals surface area contributed by atoms with Crippen LogP contribution in [0.2, 0.25) is 0 Å². The van der Waals surface area contributed by atoms with Crippen molar-refractivity contribution in [2.45, 2.75) is 26.6 Å². The molecule has 1 saturated heterocycles. The highest BCUT2D eigenvalue weighted by Gasteiger charge is 2.36. The van der Waals surface area contributed by atoms with Gasteiger partial charge >= 0.3 is 0 Å². The fraction of sp³-hybridized carbons (Fsp3) is 0.889. The van der Waals surface area contributed by atoms with Gasteiger partial charge in [-0.05, 0) is 6.42 Å². The van der Waals surface area contributed by atoms with Crippen molar-refractivity contribution in [3.8, 4) is 0 Å². The summed E-state index contributed by atoms with van der Waals surface area (Å²) in [4.78, 5) is 12.6. The second kappa shape index (κ2) is 4.07. The Balaban J connectivity index is 2.36. The Kier molecular flexibility index (Phi) is 3.27. The molecule has 0 aromatic heterocycles. The van der Waals surface area contributed by atoms with Crippen molar-refractivity contribution in [3.63, 3.8) is 0 Å². The lowest BCUT2D eigenvalue weighted by Gasteiger charge is -2.43. The summed E-state index contributed by atoms with van der Waals surface area (Å²) in [6, 6.07) is 0. The fourth-order valence-corrected chi connectivity index (χ4v) is 1.83. The van der Waals surface area contributed by atoms with Crippen LogP contribution >= 0.6 is 0 Å². The summed E-state index contributed by atoms with van der Waals surface area (Å²) >= 11 is 0. The molecule has 1 aliphatic heterocycles. The third-order valence-corrected chi connectivity index (χ3v) is 2.81. The van der Waals surface area contributed by atoms with Gasteiger partial charge in [0.05, 0.1) is 0 Å². The first kappa shape index (κ1) is 10.5. The van der Waals surface area contributed by atoms with E-state index in [-0.39, 0.29) is 17.7 Å². The van der Waals surface area contributed by atoms with Crippen LogP contribution in [0, 0.1) is 11.8 Å². The maximum absolute atomic E-state index is 10.9. The minimum Gasteiger partial charge on any atom is -0.368 e. The van der Waals surface area contributed by atoms with Crippen LogP contribution in [-0.4, -0.2) is 40.4 Å². The molecular weight excluding hydrogens is 170 g/mol. The van der Waals surface area contributed by atoms with Crippen molar-refractivity contribution in [2.75, 3.05) is 13.1 Å². The number of nitrogens with zero attached hydrogens (tertiary/aromatic N) is 1. The first-order chi connectivity index (χ1) is 6.06. The molecule has 1 aliphatic rings. The van der Waals surface area contributed by atoms with Gasteiger partial charge in [-0.2, -0.15) is 0 Å². The van der Waals surface area contributed by atoms with Crippen LogP contribution in [0.15, 0.2) is 0 Å². The minimum atomic E-state index is -1.25. The van der Waals surface area contributed by atoms with Crippen molar-refractivity contribution in [1.29, 1.82) is 0 Å². The van der Waals surface area contributed by atoms with Crippen molar-refractivity contribution in [2.24, 2.45) is 11.8 Å². The van der Waals surface area contributed by atoms with Crippen molar-refractivity contribution in [3.05, 3.63) is 0 Å². The van der Waals surface area contributed by atoms with Gasteiger partial charge in [0.25, 0.3) is 0 Å². The molecule has 1 unspecified atom stereocenters. The number of hydrogen-bond donors (Lipinski definition) is 2. The highest BCUT2D eigenvalue weighted by Crippen LogP contribution is 2.27. The average molecular weight is 187 g/mol. The van der Waals surface area contributed by atoms with Crippen LogP contribution in [0.4, 0.5) is 0 Å². The van der Waals surface area contributed by atoms with Crippen LogP contribution in [0.3, 0.4) is 0 Å². The molecule has 0 aromatic carbocycles. The third-order valence-electron chi connectivity index (χ3n) is 2.81. The number of rotatable bonds is 3. The summed E-state index contributed by atoms with van der Waals surface area (Å²) in [6.45, 7) is 4.81. The Labute approximate surface area is 78.2 Å². The molecule has 1 fully saturated rings. The molecule has 13 heavy (non-hydrogen) atoms. The van der Waals surface area contributed by atoms with Gasteiger partial charge in [0, 0.05) is 31.8 Å². The van der Waals surface area contributed by atoms with Gasteiger partial charge in [0.1, 0.15) is 0 Å². The zero-order chi connectivity index (χ0) is 10.0. The van der Waals surface area contributed by atoms with Gasteiger partial charge in [-0.15, -0.1) is 0 Å². The molecule has 4 nitrogen and oxygen atoms in total. The van der Waals surface area contributed by atoms with Crippen molar-refractivity contribution < 1.29 is 15.0 Å². The molecule has 4 heteroatoms. The topological polar surface area (TPSA) is 60.8 Å². The summed E-state index contributed by atoms with van der Waals surface area (Å²) in [7, 11) is 0. The number of carbonyl (C=O) groups is 1. The molecule has 0 bridgehead atoms. The lowest BCUT2D eigenvalue weighted by atomic mass is 9.83. The van der Waals surface area contributed by atoms with Gasteiger partial charge in [-0.25, -0.2) is 0 Å². The van der Waals surface area contributed by atoms with E-state index in [2.05, 4.69) is 0 Å². The predicted octanol–water partition coefficient (Wildman–Crippen LogP) is -0.198. The monoisotopic (exact) mass is 187 g/mol. The molecule has 0 saturated carbocycles. The smallest absolute Gasteiger partial charge is 0.219 e. The quantitative estimate of drug-likeness (QED) is 0.602. The number of aliphatic hydroxyl groups is 2. The molecule has 0 aliphatic carbocycles. The Morgan fingerprint density at radius 1 is 1.54 bits per heavy atom. The van der Waals surface area contributed by atoms with Crippen molar-refractivity contribution >= 4 is 5.91 Å². The van der Waals surface area contributed by atoms with E-state index in [1.165, 1.54) is 6.92 Å². The minimum absolute atomic E-state index is 0.0681. The normalized spacial score (nSPS) is 20.2. The lowest BCUT2D eigenvalue weighted by Crippen LogP contribution is -2.53. The first-order valence-corrected chi connectivity index (χ1v) is 4.68. The molecule has 0 radical (unpaired) electrons. The highest BCUT2D eigenvalue weighted by atomic mass is 16.5.